The fraction of sp³-hybridized carbons (Fsp3) is 0. The molecule has 1 aromatic heterocycles. The van der Waals surface area contributed by atoms with E-state index in [2.05, 4.69) is 32.9 Å². The van der Waals surface area contributed by atoms with Gasteiger partial charge in [0.2, 0.25) is 0 Å². The highest BCUT2D eigenvalue weighted by Gasteiger charge is 2.10. The van der Waals surface area contributed by atoms with Gasteiger partial charge in [0.25, 0.3) is 5.91 Å². The minimum atomic E-state index is -0.222. The van der Waals surface area contributed by atoms with Crippen molar-refractivity contribution in [2.24, 2.45) is 0 Å². The largest absolute Gasteiger partial charge is 0.322 e. The molecule has 1 aromatic carbocycles. The Morgan fingerprint density at radius 2 is 1.94 bits per heavy atom. The minimum Gasteiger partial charge on any atom is -0.322 e. The maximum atomic E-state index is 12.0. The Morgan fingerprint density at radius 1 is 1.24 bits per heavy atom. The molecular formula is C12H8ClIN2O. The number of hydrogen-bond acceptors (Lipinski definition) is 2. The van der Waals surface area contributed by atoms with Gasteiger partial charge >= 0.3 is 0 Å². The van der Waals surface area contributed by atoms with Crippen LogP contribution in [-0.2, 0) is 0 Å². The van der Waals surface area contributed by atoms with Crippen LogP contribution in [0.3, 0.4) is 0 Å². The maximum Gasteiger partial charge on any atom is 0.257 e. The third kappa shape index (κ3) is 3.17. The van der Waals surface area contributed by atoms with Gasteiger partial charge in [-0.25, -0.2) is 0 Å². The molecule has 0 atom stereocenters. The summed E-state index contributed by atoms with van der Waals surface area (Å²) in [5, 5.41) is 3.20. The van der Waals surface area contributed by atoms with Gasteiger partial charge in [-0.05, 0) is 52.9 Å². The van der Waals surface area contributed by atoms with Gasteiger partial charge in [0.15, 0.2) is 0 Å². The van der Waals surface area contributed by atoms with Crippen LogP contribution in [0.5, 0.6) is 0 Å². The third-order valence-electron chi connectivity index (χ3n) is 2.11. The van der Waals surface area contributed by atoms with Crippen LogP contribution < -0.4 is 5.32 Å². The van der Waals surface area contributed by atoms with Crippen molar-refractivity contribution in [3.05, 3.63) is 56.9 Å². The second kappa shape index (κ2) is 5.46. The zero-order chi connectivity index (χ0) is 12.3. The molecular weight excluding hydrogens is 351 g/mol. The van der Waals surface area contributed by atoms with Crippen molar-refractivity contribution < 1.29 is 4.79 Å². The summed E-state index contributed by atoms with van der Waals surface area (Å²) >= 11 is 8.12. The summed E-state index contributed by atoms with van der Waals surface area (Å²) in [6.07, 6.45) is 3.23. The lowest BCUT2D eigenvalue weighted by molar-refractivity contribution is 0.102. The van der Waals surface area contributed by atoms with Gasteiger partial charge in [0.05, 0.1) is 10.6 Å². The number of hydrogen-bond donors (Lipinski definition) is 1. The first-order valence-electron chi connectivity index (χ1n) is 4.83. The van der Waals surface area contributed by atoms with Gasteiger partial charge in [-0.15, -0.1) is 0 Å². The number of aromatic nitrogens is 1. The van der Waals surface area contributed by atoms with Crippen molar-refractivity contribution in [2.75, 3.05) is 5.32 Å². The van der Waals surface area contributed by atoms with E-state index >= 15 is 0 Å². The molecule has 0 aliphatic heterocycles. The average Bonchev–Trinajstić information content (AvgIpc) is 2.33. The average molecular weight is 359 g/mol. The van der Waals surface area contributed by atoms with Crippen LogP contribution >= 0.6 is 34.2 Å². The molecule has 0 bridgehead atoms. The van der Waals surface area contributed by atoms with Gasteiger partial charge in [-0.3, -0.25) is 9.78 Å². The molecule has 3 nitrogen and oxygen atoms in total. The standard InChI is InChI=1S/C12H8ClIN2O/c13-11-2-1-8(14)7-10(11)12(17)16-9-3-5-15-6-4-9/h1-7H,(H,15,16,17). The van der Waals surface area contributed by atoms with Crippen molar-refractivity contribution in [1.29, 1.82) is 0 Å². The maximum absolute atomic E-state index is 12.0. The third-order valence-corrected chi connectivity index (χ3v) is 3.11. The number of amides is 1. The topological polar surface area (TPSA) is 42.0 Å². The van der Waals surface area contributed by atoms with Gasteiger partial charge < -0.3 is 5.32 Å². The molecule has 1 amide bonds. The summed E-state index contributed by atoms with van der Waals surface area (Å²) in [6.45, 7) is 0. The highest BCUT2D eigenvalue weighted by molar-refractivity contribution is 14.1. The zero-order valence-electron chi connectivity index (χ0n) is 8.65. The second-order valence-corrected chi connectivity index (χ2v) is 4.97. The smallest absolute Gasteiger partial charge is 0.257 e. The van der Waals surface area contributed by atoms with Gasteiger partial charge in [0, 0.05) is 21.7 Å². The van der Waals surface area contributed by atoms with Crippen LogP contribution in [0.1, 0.15) is 10.4 Å². The number of anilines is 1. The van der Waals surface area contributed by atoms with Crippen molar-refractivity contribution >= 4 is 45.8 Å². The molecule has 2 aromatic rings. The minimum absolute atomic E-state index is 0.222. The molecule has 86 valence electrons. The van der Waals surface area contributed by atoms with E-state index in [0.29, 0.717) is 16.3 Å². The second-order valence-electron chi connectivity index (χ2n) is 3.31. The van der Waals surface area contributed by atoms with Crippen LogP contribution in [0.4, 0.5) is 5.69 Å². The predicted octanol–water partition coefficient (Wildman–Crippen LogP) is 3.59. The van der Waals surface area contributed by atoms with Crippen LogP contribution in [-0.4, -0.2) is 10.9 Å². The Morgan fingerprint density at radius 3 is 2.65 bits per heavy atom. The number of pyridine rings is 1. The van der Waals surface area contributed by atoms with Crippen LogP contribution in [0.15, 0.2) is 42.7 Å². The summed E-state index contributed by atoms with van der Waals surface area (Å²) in [4.78, 5) is 15.8. The van der Waals surface area contributed by atoms with Crippen molar-refractivity contribution in [2.45, 2.75) is 0 Å². The number of carbonyl (C=O) groups excluding carboxylic acids is 1. The van der Waals surface area contributed by atoms with E-state index in [-0.39, 0.29) is 5.91 Å². The summed E-state index contributed by atoms with van der Waals surface area (Å²) in [6, 6.07) is 8.76. The van der Waals surface area contributed by atoms with Crippen LogP contribution in [0, 0.1) is 3.57 Å². The molecule has 0 radical (unpaired) electrons. The lowest BCUT2D eigenvalue weighted by atomic mass is 10.2. The molecule has 0 aliphatic rings. The monoisotopic (exact) mass is 358 g/mol. The van der Waals surface area contributed by atoms with E-state index in [0.717, 1.165) is 3.57 Å². The van der Waals surface area contributed by atoms with E-state index in [4.69, 9.17) is 11.6 Å². The first-order chi connectivity index (χ1) is 8.16. The summed E-state index contributed by atoms with van der Waals surface area (Å²) < 4.78 is 0.965. The van der Waals surface area contributed by atoms with Crippen molar-refractivity contribution in [3.63, 3.8) is 0 Å². The molecule has 0 unspecified atom stereocenters. The molecule has 5 heteroatoms. The van der Waals surface area contributed by atoms with Crippen molar-refractivity contribution in [3.8, 4) is 0 Å². The summed E-state index contributed by atoms with van der Waals surface area (Å²) in [7, 11) is 0. The Bertz CT molecular complexity index is 545. The Labute approximate surface area is 117 Å². The number of nitrogens with zero attached hydrogens (tertiary/aromatic N) is 1. The highest BCUT2D eigenvalue weighted by Crippen LogP contribution is 2.20. The van der Waals surface area contributed by atoms with Crippen LogP contribution in [0.2, 0.25) is 5.02 Å². The first-order valence-corrected chi connectivity index (χ1v) is 6.29. The fourth-order valence-corrected chi connectivity index (χ4v) is 2.00. The normalized spacial score (nSPS) is 10.0. The lowest BCUT2D eigenvalue weighted by Crippen LogP contribution is -2.12. The molecule has 0 fully saturated rings. The molecule has 0 aliphatic carbocycles. The summed E-state index contributed by atoms with van der Waals surface area (Å²) in [5.74, 6) is -0.222. The molecule has 17 heavy (non-hydrogen) atoms. The van der Waals surface area contributed by atoms with Gasteiger partial charge in [0.1, 0.15) is 0 Å². The Balaban J connectivity index is 2.23. The number of nitrogens with one attached hydrogen (secondary N) is 1. The summed E-state index contributed by atoms with van der Waals surface area (Å²) in [5.41, 5.74) is 1.16. The van der Waals surface area contributed by atoms with E-state index in [9.17, 15) is 4.79 Å². The SMILES string of the molecule is O=C(Nc1ccncc1)c1cc(I)ccc1Cl. The molecule has 0 spiro atoms. The molecule has 0 saturated carbocycles. The number of rotatable bonds is 2. The van der Waals surface area contributed by atoms with Crippen molar-refractivity contribution in [1.82, 2.24) is 4.98 Å². The molecule has 1 heterocycles. The zero-order valence-corrected chi connectivity index (χ0v) is 11.6. The van der Waals surface area contributed by atoms with Gasteiger partial charge in [-0.2, -0.15) is 0 Å². The van der Waals surface area contributed by atoms with E-state index in [1.165, 1.54) is 0 Å². The van der Waals surface area contributed by atoms with E-state index < -0.39 is 0 Å². The lowest BCUT2D eigenvalue weighted by Gasteiger charge is -2.06. The fourth-order valence-electron chi connectivity index (χ4n) is 1.31. The quantitative estimate of drug-likeness (QED) is 0.834. The number of carbonyl (C=O) groups is 1. The number of halogens is 2. The molecule has 1 N–H and O–H groups in total. The highest BCUT2D eigenvalue weighted by atomic mass is 127. The Kier molecular flexibility index (Phi) is 3.96. The van der Waals surface area contributed by atoms with Gasteiger partial charge in [-0.1, -0.05) is 11.6 Å². The van der Waals surface area contributed by atoms with Crippen LogP contribution in [0.25, 0.3) is 0 Å². The predicted molar refractivity (Wildman–Crippen MR) is 76.4 cm³/mol. The molecule has 2 rings (SSSR count). The van der Waals surface area contributed by atoms with E-state index in [1.54, 1.807) is 36.7 Å². The first kappa shape index (κ1) is 12.3. The molecule has 0 saturated heterocycles. The number of benzene rings is 1. The van der Waals surface area contributed by atoms with E-state index in [1.807, 2.05) is 6.07 Å². The Hall–Kier alpha value is -1.14.